The van der Waals surface area contributed by atoms with Crippen LogP contribution in [0.15, 0.2) is 113 Å². The molecule has 8 nitrogen and oxygen atoms in total. The fraction of sp³-hybridized carbons (Fsp3) is 0.0625. The lowest BCUT2D eigenvalue weighted by atomic mass is 10.1. The van der Waals surface area contributed by atoms with Gasteiger partial charge >= 0.3 is 0 Å². The minimum Gasteiger partial charge on any atom is -0.487 e. The predicted molar refractivity (Wildman–Crippen MR) is 175 cm³/mol. The molecule has 0 saturated heterocycles. The maximum atomic E-state index is 12.8. The highest BCUT2D eigenvalue weighted by Gasteiger charge is 2.13. The van der Waals surface area contributed by atoms with E-state index < -0.39 is 4.92 Å². The number of halogens is 2. The quantitative estimate of drug-likeness (QED) is 0.0717. The second-order valence-electron chi connectivity index (χ2n) is 9.34. The maximum absolute atomic E-state index is 12.8. The Morgan fingerprint density at radius 1 is 1.02 bits per heavy atom. The van der Waals surface area contributed by atoms with Crippen LogP contribution in [0.4, 0.5) is 5.69 Å². The van der Waals surface area contributed by atoms with Crippen molar-refractivity contribution in [3.05, 3.63) is 144 Å². The van der Waals surface area contributed by atoms with E-state index in [0.717, 1.165) is 31.8 Å². The highest BCUT2D eigenvalue weighted by Crippen LogP contribution is 2.32. The summed E-state index contributed by atoms with van der Waals surface area (Å²) in [7, 11) is 0. The molecule has 0 spiro atoms. The summed E-state index contributed by atoms with van der Waals surface area (Å²) in [5.74, 6) is 0.285. The van der Waals surface area contributed by atoms with Crippen molar-refractivity contribution in [2.24, 2.45) is 5.10 Å². The first-order valence-corrected chi connectivity index (χ1v) is 14.7. The molecule has 0 atom stereocenters. The van der Waals surface area contributed by atoms with Gasteiger partial charge in [-0.1, -0.05) is 42.5 Å². The van der Waals surface area contributed by atoms with Crippen molar-refractivity contribution in [3.8, 4) is 22.7 Å². The van der Waals surface area contributed by atoms with Crippen LogP contribution in [0.5, 0.6) is 5.75 Å². The minimum absolute atomic E-state index is 0.0163. The number of aromatic nitrogens is 1. The van der Waals surface area contributed by atoms with Crippen LogP contribution in [-0.4, -0.2) is 21.6 Å². The van der Waals surface area contributed by atoms with Gasteiger partial charge in [-0.15, -0.1) is 0 Å². The summed E-state index contributed by atoms with van der Waals surface area (Å²) in [6, 6.07) is 31.8. The largest absolute Gasteiger partial charge is 0.487 e. The number of carbonyl (C=O) groups excluding carboxylic acids is 1. The number of benzene rings is 4. The zero-order valence-electron chi connectivity index (χ0n) is 22.3. The van der Waals surface area contributed by atoms with E-state index in [-0.39, 0.29) is 18.2 Å². The highest BCUT2D eigenvalue weighted by molar-refractivity contribution is 14.1. The van der Waals surface area contributed by atoms with Crippen molar-refractivity contribution in [3.63, 3.8) is 0 Å². The number of ether oxygens (including phenoxy) is 1. The number of amides is 1. The molecule has 0 aliphatic heterocycles. The van der Waals surface area contributed by atoms with Gasteiger partial charge in [0.1, 0.15) is 12.4 Å². The zero-order valence-corrected chi connectivity index (χ0v) is 26.1. The minimum atomic E-state index is -0.433. The number of hydrogen-bond acceptors (Lipinski definition) is 5. The van der Waals surface area contributed by atoms with E-state index in [2.05, 4.69) is 84.8 Å². The number of hydrogen-bond donors (Lipinski definition) is 1. The topological polar surface area (TPSA) is 98.8 Å². The van der Waals surface area contributed by atoms with Gasteiger partial charge in [0, 0.05) is 29.1 Å². The van der Waals surface area contributed by atoms with Crippen molar-refractivity contribution in [1.29, 1.82) is 0 Å². The molecule has 0 bridgehead atoms. The Morgan fingerprint density at radius 3 is 2.50 bits per heavy atom. The number of non-ortho nitro benzene ring substituents is 1. The van der Waals surface area contributed by atoms with Crippen LogP contribution < -0.4 is 10.2 Å². The summed E-state index contributed by atoms with van der Waals surface area (Å²) < 4.78 is 9.59. The van der Waals surface area contributed by atoms with Crippen molar-refractivity contribution in [2.75, 3.05) is 0 Å². The second kappa shape index (κ2) is 13.1. The fourth-order valence-corrected chi connectivity index (χ4v) is 6.18. The average molecular weight is 735 g/mol. The molecule has 0 saturated carbocycles. The van der Waals surface area contributed by atoms with Crippen molar-refractivity contribution in [1.82, 2.24) is 9.99 Å². The van der Waals surface area contributed by atoms with Gasteiger partial charge in [0.05, 0.1) is 24.9 Å². The van der Waals surface area contributed by atoms with Gasteiger partial charge in [-0.2, -0.15) is 5.10 Å². The Kier molecular flexibility index (Phi) is 9.13. The summed E-state index contributed by atoms with van der Waals surface area (Å²) >= 11 is 5.67. The first-order valence-electron chi connectivity index (χ1n) is 12.8. The van der Waals surface area contributed by atoms with E-state index in [0.29, 0.717) is 21.3 Å². The van der Waals surface area contributed by atoms with Crippen LogP contribution in [0.3, 0.4) is 0 Å². The second-order valence-corrected chi connectivity index (χ2v) is 11.4. The van der Waals surface area contributed by atoms with E-state index in [1.807, 2.05) is 42.5 Å². The molecule has 42 heavy (non-hydrogen) atoms. The van der Waals surface area contributed by atoms with Crippen LogP contribution in [0, 0.1) is 20.6 Å². The van der Waals surface area contributed by atoms with Crippen LogP contribution in [0.1, 0.15) is 27.2 Å². The zero-order chi connectivity index (χ0) is 29.6. The van der Waals surface area contributed by atoms with E-state index in [1.165, 1.54) is 12.1 Å². The SMILES string of the molecule is Cc1ccc(-c2ccccc2)n1-c1ccc(C(=O)N/N=C/c2cc(Br)c(OCc3cccc([N+](=O)[O-])c3)c(I)c2)cc1. The molecule has 210 valence electrons. The monoisotopic (exact) mass is 734 g/mol. The normalized spacial score (nSPS) is 11.0. The Morgan fingerprint density at radius 2 is 1.79 bits per heavy atom. The van der Waals surface area contributed by atoms with Gasteiger partial charge in [0.15, 0.2) is 0 Å². The number of hydrazone groups is 1. The smallest absolute Gasteiger partial charge is 0.271 e. The van der Waals surface area contributed by atoms with E-state index in [1.54, 1.807) is 30.5 Å². The molecule has 1 aromatic heterocycles. The van der Waals surface area contributed by atoms with Gasteiger partial charge in [-0.25, -0.2) is 5.43 Å². The molecule has 0 fully saturated rings. The molecule has 1 amide bonds. The lowest BCUT2D eigenvalue weighted by molar-refractivity contribution is -0.384. The number of nitro groups is 1. The third-order valence-corrected chi connectivity index (χ3v) is 7.83. The molecule has 1 heterocycles. The summed E-state index contributed by atoms with van der Waals surface area (Å²) in [4.78, 5) is 23.3. The molecular weight excluding hydrogens is 711 g/mol. The number of nitrogens with one attached hydrogen (secondary N) is 1. The Bertz CT molecular complexity index is 1760. The summed E-state index contributed by atoms with van der Waals surface area (Å²) in [6.07, 6.45) is 1.55. The predicted octanol–water partition coefficient (Wildman–Crippen LogP) is 8.07. The molecule has 0 radical (unpaired) electrons. The standard InChI is InChI=1S/C32H24BrIN4O4/c1-21-10-15-30(24-7-3-2-4-8-24)37(21)26-13-11-25(12-14-26)32(39)36-35-19-23-17-28(33)31(29(34)18-23)42-20-22-6-5-9-27(16-22)38(40)41/h2-19H,20H2,1H3,(H,36,39)/b35-19+. The lowest BCUT2D eigenvalue weighted by Crippen LogP contribution is -2.17. The van der Waals surface area contributed by atoms with E-state index >= 15 is 0 Å². The summed E-state index contributed by atoms with van der Waals surface area (Å²) in [5, 5.41) is 15.2. The van der Waals surface area contributed by atoms with Gasteiger partial charge < -0.3 is 9.30 Å². The van der Waals surface area contributed by atoms with Crippen molar-refractivity contribution >= 4 is 56.3 Å². The third kappa shape index (κ3) is 6.77. The number of aryl methyl sites for hydroxylation is 1. The summed E-state index contributed by atoms with van der Waals surface area (Å²) in [6.45, 7) is 2.23. The van der Waals surface area contributed by atoms with E-state index in [4.69, 9.17) is 4.74 Å². The summed E-state index contributed by atoms with van der Waals surface area (Å²) in [5.41, 5.74) is 8.78. The molecule has 5 aromatic rings. The number of nitro benzene ring substituents is 1. The number of carbonyl (C=O) groups is 1. The van der Waals surface area contributed by atoms with Crippen molar-refractivity contribution < 1.29 is 14.5 Å². The molecule has 0 aliphatic rings. The molecule has 5 rings (SSSR count). The maximum Gasteiger partial charge on any atom is 0.271 e. The Labute approximate surface area is 264 Å². The highest BCUT2D eigenvalue weighted by atomic mass is 127. The number of rotatable bonds is 9. The molecule has 1 N–H and O–H groups in total. The van der Waals surface area contributed by atoms with Gasteiger partial charge in [-0.05, 0) is 111 Å². The average Bonchev–Trinajstić information content (AvgIpc) is 3.38. The molecule has 0 aliphatic carbocycles. The first-order chi connectivity index (χ1) is 20.3. The molecule has 10 heteroatoms. The Hall–Kier alpha value is -4.29. The van der Waals surface area contributed by atoms with E-state index in [9.17, 15) is 14.9 Å². The molecule has 0 unspecified atom stereocenters. The Balaban J connectivity index is 1.22. The van der Waals surface area contributed by atoms with Crippen LogP contribution in [0.25, 0.3) is 16.9 Å². The lowest BCUT2D eigenvalue weighted by Gasteiger charge is -2.13. The van der Waals surface area contributed by atoms with Crippen LogP contribution in [0.2, 0.25) is 0 Å². The van der Waals surface area contributed by atoms with Crippen molar-refractivity contribution in [2.45, 2.75) is 13.5 Å². The van der Waals surface area contributed by atoms with Gasteiger partial charge in [0.25, 0.3) is 11.6 Å². The number of nitrogens with zero attached hydrogens (tertiary/aromatic N) is 3. The van der Waals surface area contributed by atoms with Crippen LogP contribution in [-0.2, 0) is 6.61 Å². The van der Waals surface area contributed by atoms with Gasteiger partial charge in [0.2, 0.25) is 0 Å². The molecule has 4 aromatic carbocycles. The first kappa shape index (κ1) is 29.2. The van der Waals surface area contributed by atoms with Gasteiger partial charge in [-0.3, -0.25) is 14.9 Å². The molecular formula is C32H24BrIN4O4. The fourth-order valence-electron chi connectivity index (χ4n) is 4.41. The van der Waals surface area contributed by atoms with Crippen LogP contribution >= 0.6 is 38.5 Å². The third-order valence-electron chi connectivity index (χ3n) is 6.44.